The molecule has 1 heterocycles. The minimum Gasteiger partial charge on any atom is -0.340 e. The fraction of sp³-hybridized carbons (Fsp3) is 0.882. The summed E-state index contributed by atoms with van der Waals surface area (Å²) in [4.78, 5) is 27.3. The molecule has 1 aliphatic heterocycles. The predicted molar refractivity (Wildman–Crippen MR) is 83.8 cm³/mol. The van der Waals surface area contributed by atoms with Crippen LogP contribution in [0.15, 0.2) is 0 Å². The number of carbonyl (C=O) groups is 2. The van der Waals surface area contributed by atoms with Gasteiger partial charge in [0.15, 0.2) is 0 Å². The maximum absolute atomic E-state index is 13.0. The van der Waals surface area contributed by atoms with Gasteiger partial charge in [-0.3, -0.25) is 9.59 Å². The second-order valence-electron chi connectivity index (χ2n) is 6.89. The van der Waals surface area contributed by atoms with E-state index in [0.29, 0.717) is 12.8 Å². The van der Waals surface area contributed by atoms with Gasteiger partial charge in [0.05, 0.1) is 0 Å². The fourth-order valence-electron chi connectivity index (χ4n) is 3.83. The van der Waals surface area contributed by atoms with Crippen LogP contribution in [-0.4, -0.2) is 34.3 Å². The van der Waals surface area contributed by atoms with Gasteiger partial charge in [0.2, 0.25) is 11.8 Å². The first kappa shape index (κ1) is 16.3. The standard InChI is InChI=1S/C17H30N2O2/c1-5-12-8-10-13(11-9-12)19-14(6-2)15(20)18-17(4,7-3)16(19)21/h12-14H,5-11H2,1-4H3,(H,18,20). The van der Waals surface area contributed by atoms with Gasteiger partial charge in [0, 0.05) is 6.04 Å². The predicted octanol–water partition coefficient (Wildman–Crippen LogP) is 2.86. The molecule has 0 aromatic carbocycles. The molecule has 0 aromatic rings. The van der Waals surface area contributed by atoms with E-state index in [-0.39, 0.29) is 23.9 Å². The molecule has 120 valence electrons. The van der Waals surface area contributed by atoms with Crippen LogP contribution < -0.4 is 5.32 Å². The highest BCUT2D eigenvalue weighted by Gasteiger charge is 2.48. The highest BCUT2D eigenvalue weighted by molar-refractivity contribution is 5.99. The molecule has 1 N–H and O–H groups in total. The van der Waals surface area contributed by atoms with Gasteiger partial charge in [0.25, 0.3) is 0 Å². The van der Waals surface area contributed by atoms with Crippen LogP contribution in [0.2, 0.25) is 0 Å². The van der Waals surface area contributed by atoms with E-state index in [0.717, 1.165) is 18.8 Å². The molecule has 2 unspecified atom stereocenters. The van der Waals surface area contributed by atoms with E-state index in [4.69, 9.17) is 0 Å². The van der Waals surface area contributed by atoms with Crippen molar-refractivity contribution in [1.29, 1.82) is 0 Å². The van der Waals surface area contributed by atoms with Gasteiger partial charge in [-0.25, -0.2) is 0 Å². The molecule has 1 saturated heterocycles. The zero-order valence-corrected chi connectivity index (χ0v) is 13.9. The number of hydrogen-bond donors (Lipinski definition) is 1. The average molecular weight is 294 g/mol. The summed E-state index contributed by atoms with van der Waals surface area (Å²) in [5, 5.41) is 2.95. The van der Waals surface area contributed by atoms with Crippen molar-refractivity contribution in [2.24, 2.45) is 5.92 Å². The third kappa shape index (κ3) is 2.95. The number of piperazine rings is 1. The molecule has 0 bridgehead atoms. The molecular weight excluding hydrogens is 264 g/mol. The van der Waals surface area contributed by atoms with Crippen molar-refractivity contribution in [3.63, 3.8) is 0 Å². The van der Waals surface area contributed by atoms with Crippen LogP contribution in [0.25, 0.3) is 0 Å². The second kappa shape index (κ2) is 6.37. The number of amides is 2. The van der Waals surface area contributed by atoms with E-state index >= 15 is 0 Å². The quantitative estimate of drug-likeness (QED) is 0.866. The third-order valence-corrected chi connectivity index (χ3v) is 5.62. The Hall–Kier alpha value is -1.06. The van der Waals surface area contributed by atoms with Gasteiger partial charge < -0.3 is 10.2 Å². The van der Waals surface area contributed by atoms with Gasteiger partial charge in [-0.2, -0.15) is 0 Å². The van der Waals surface area contributed by atoms with E-state index < -0.39 is 5.54 Å². The van der Waals surface area contributed by atoms with Crippen LogP contribution >= 0.6 is 0 Å². The van der Waals surface area contributed by atoms with E-state index in [9.17, 15) is 9.59 Å². The Morgan fingerprint density at radius 1 is 1.10 bits per heavy atom. The molecule has 4 nitrogen and oxygen atoms in total. The molecule has 2 fully saturated rings. The highest BCUT2D eigenvalue weighted by Crippen LogP contribution is 2.34. The summed E-state index contributed by atoms with van der Waals surface area (Å²) in [7, 11) is 0. The van der Waals surface area contributed by atoms with Gasteiger partial charge in [0.1, 0.15) is 11.6 Å². The van der Waals surface area contributed by atoms with E-state index in [1.807, 2.05) is 25.7 Å². The van der Waals surface area contributed by atoms with Gasteiger partial charge >= 0.3 is 0 Å². The number of carbonyl (C=O) groups excluding carboxylic acids is 2. The molecular formula is C17H30N2O2. The van der Waals surface area contributed by atoms with Crippen LogP contribution in [0.1, 0.15) is 72.6 Å². The number of nitrogens with one attached hydrogen (secondary N) is 1. The van der Waals surface area contributed by atoms with Crippen molar-refractivity contribution in [3.8, 4) is 0 Å². The maximum Gasteiger partial charge on any atom is 0.248 e. The molecule has 2 atom stereocenters. The van der Waals surface area contributed by atoms with Gasteiger partial charge in [-0.15, -0.1) is 0 Å². The molecule has 4 heteroatoms. The van der Waals surface area contributed by atoms with Crippen molar-refractivity contribution in [2.75, 3.05) is 0 Å². The summed E-state index contributed by atoms with van der Waals surface area (Å²) >= 11 is 0. The zero-order valence-electron chi connectivity index (χ0n) is 13.9. The summed E-state index contributed by atoms with van der Waals surface area (Å²) in [5.41, 5.74) is -0.718. The Balaban J connectivity index is 2.20. The lowest BCUT2D eigenvalue weighted by Gasteiger charge is -2.48. The van der Waals surface area contributed by atoms with Gasteiger partial charge in [-0.05, 0) is 51.4 Å². The first-order valence-corrected chi connectivity index (χ1v) is 8.61. The highest BCUT2D eigenvalue weighted by atomic mass is 16.2. The maximum atomic E-state index is 13.0. The third-order valence-electron chi connectivity index (χ3n) is 5.62. The molecule has 1 aliphatic carbocycles. The Bertz CT molecular complexity index is 402. The number of rotatable bonds is 4. The molecule has 2 rings (SSSR count). The molecule has 2 amide bonds. The van der Waals surface area contributed by atoms with Crippen molar-refractivity contribution >= 4 is 11.8 Å². The molecule has 0 radical (unpaired) electrons. The summed E-state index contributed by atoms with van der Waals surface area (Å²) < 4.78 is 0. The monoisotopic (exact) mass is 294 g/mol. The lowest BCUT2D eigenvalue weighted by molar-refractivity contribution is -0.158. The second-order valence-corrected chi connectivity index (χ2v) is 6.89. The van der Waals surface area contributed by atoms with Crippen LogP contribution in [0.3, 0.4) is 0 Å². The summed E-state index contributed by atoms with van der Waals surface area (Å²) in [6.45, 7) is 8.07. The molecule has 0 aromatic heterocycles. The molecule has 21 heavy (non-hydrogen) atoms. The van der Waals surface area contributed by atoms with Gasteiger partial charge in [-0.1, -0.05) is 27.2 Å². The largest absolute Gasteiger partial charge is 0.340 e. The zero-order chi connectivity index (χ0) is 15.6. The first-order valence-electron chi connectivity index (χ1n) is 8.61. The Kier molecular flexibility index (Phi) is 4.95. The van der Waals surface area contributed by atoms with Crippen molar-refractivity contribution in [1.82, 2.24) is 10.2 Å². The first-order chi connectivity index (χ1) is 9.96. The van der Waals surface area contributed by atoms with Crippen LogP contribution in [0, 0.1) is 5.92 Å². The fourth-order valence-corrected chi connectivity index (χ4v) is 3.83. The van der Waals surface area contributed by atoms with E-state index in [1.54, 1.807) is 0 Å². The molecule has 2 aliphatic rings. The Morgan fingerprint density at radius 3 is 2.19 bits per heavy atom. The Morgan fingerprint density at radius 2 is 1.71 bits per heavy atom. The normalized spacial score (nSPS) is 37.5. The SMILES string of the molecule is CCC1CCC(N2C(=O)C(C)(CC)NC(=O)C2CC)CC1. The van der Waals surface area contributed by atoms with Crippen molar-refractivity contribution in [3.05, 3.63) is 0 Å². The van der Waals surface area contributed by atoms with Crippen LogP contribution in [0.4, 0.5) is 0 Å². The Labute approximate surface area is 128 Å². The van der Waals surface area contributed by atoms with Crippen molar-refractivity contribution < 1.29 is 9.59 Å². The summed E-state index contributed by atoms with van der Waals surface area (Å²) in [6.07, 6.45) is 7.05. The smallest absolute Gasteiger partial charge is 0.248 e. The summed E-state index contributed by atoms with van der Waals surface area (Å²) in [5.74, 6) is 0.947. The lowest BCUT2D eigenvalue weighted by atomic mass is 9.81. The number of hydrogen-bond acceptors (Lipinski definition) is 2. The van der Waals surface area contributed by atoms with E-state index in [2.05, 4.69) is 12.2 Å². The lowest BCUT2D eigenvalue weighted by Crippen LogP contribution is -2.70. The minimum atomic E-state index is -0.718. The van der Waals surface area contributed by atoms with Crippen LogP contribution in [0.5, 0.6) is 0 Å². The number of nitrogens with zero attached hydrogens (tertiary/aromatic N) is 1. The molecule has 1 saturated carbocycles. The van der Waals surface area contributed by atoms with E-state index in [1.165, 1.54) is 19.3 Å². The topological polar surface area (TPSA) is 49.4 Å². The average Bonchev–Trinajstić information content (AvgIpc) is 2.50. The summed E-state index contributed by atoms with van der Waals surface area (Å²) in [6, 6.07) is -0.0255. The molecule has 0 spiro atoms. The van der Waals surface area contributed by atoms with Crippen LogP contribution in [-0.2, 0) is 9.59 Å². The minimum absolute atomic E-state index is 0.0269. The van der Waals surface area contributed by atoms with Crippen molar-refractivity contribution in [2.45, 2.75) is 90.3 Å².